The van der Waals surface area contributed by atoms with E-state index in [1.165, 1.54) is 6.07 Å². The minimum absolute atomic E-state index is 0.0433. The minimum Gasteiger partial charge on any atom is -0.417 e. The Bertz CT molecular complexity index is 699. The van der Waals surface area contributed by atoms with Crippen molar-refractivity contribution in [1.29, 1.82) is 0 Å². The highest BCUT2D eigenvalue weighted by molar-refractivity contribution is 9.10. The van der Waals surface area contributed by atoms with E-state index in [-0.39, 0.29) is 11.4 Å². The Labute approximate surface area is 149 Å². The molecule has 0 aliphatic heterocycles. The van der Waals surface area contributed by atoms with Gasteiger partial charge >= 0.3 is 6.61 Å². The SMILES string of the molecule is Cc1cc(=O)[nH]c(C)c1Br.Cc1cc(OC(F)F)nc(C)c1Br. The van der Waals surface area contributed by atoms with Gasteiger partial charge in [0.2, 0.25) is 11.4 Å². The van der Waals surface area contributed by atoms with Crippen molar-refractivity contribution >= 4 is 31.9 Å². The molecule has 0 atom stereocenters. The van der Waals surface area contributed by atoms with E-state index >= 15 is 0 Å². The molecular weight excluding hydrogens is 438 g/mol. The summed E-state index contributed by atoms with van der Waals surface area (Å²) in [6.07, 6.45) is 0. The fourth-order valence-corrected chi connectivity index (χ4v) is 2.18. The molecule has 0 saturated carbocycles. The second-order valence-corrected chi connectivity index (χ2v) is 6.40. The zero-order chi connectivity index (χ0) is 17.7. The van der Waals surface area contributed by atoms with Gasteiger partial charge in [-0.1, -0.05) is 0 Å². The summed E-state index contributed by atoms with van der Waals surface area (Å²) < 4.78 is 29.6. The molecule has 0 aliphatic rings. The smallest absolute Gasteiger partial charge is 0.388 e. The van der Waals surface area contributed by atoms with E-state index in [0.717, 1.165) is 25.8 Å². The lowest BCUT2D eigenvalue weighted by atomic mass is 10.2. The number of H-pyrrole nitrogens is 1. The quantitative estimate of drug-likeness (QED) is 0.709. The molecule has 0 aliphatic carbocycles. The third kappa shape index (κ3) is 6.02. The molecule has 0 fully saturated rings. The second-order valence-electron chi connectivity index (χ2n) is 4.81. The molecule has 0 saturated heterocycles. The molecule has 0 radical (unpaired) electrons. The van der Waals surface area contributed by atoms with Crippen LogP contribution in [0.3, 0.4) is 0 Å². The van der Waals surface area contributed by atoms with Gasteiger partial charge in [-0.2, -0.15) is 8.78 Å². The van der Waals surface area contributed by atoms with Crippen molar-refractivity contribution in [3.63, 3.8) is 0 Å². The van der Waals surface area contributed by atoms with E-state index in [2.05, 4.69) is 46.6 Å². The van der Waals surface area contributed by atoms with Gasteiger partial charge in [0.15, 0.2) is 0 Å². The Morgan fingerprint density at radius 1 is 1.09 bits per heavy atom. The highest BCUT2D eigenvalue weighted by atomic mass is 79.9. The first-order chi connectivity index (χ1) is 10.6. The molecule has 2 aromatic rings. The lowest BCUT2D eigenvalue weighted by Gasteiger charge is -2.07. The molecule has 0 aromatic carbocycles. The summed E-state index contributed by atoms with van der Waals surface area (Å²) in [5, 5.41) is 0. The van der Waals surface area contributed by atoms with Gasteiger partial charge in [0.05, 0.1) is 5.69 Å². The fraction of sp³-hybridized carbons (Fsp3) is 0.333. The average Bonchev–Trinajstić information content (AvgIpc) is 2.42. The van der Waals surface area contributed by atoms with Crippen LogP contribution in [0.5, 0.6) is 5.88 Å². The van der Waals surface area contributed by atoms with Gasteiger partial charge in [-0.3, -0.25) is 4.79 Å². The number of pyridine rings is 2. The maximum atomic E-state index is 11.8. The van der Waals surface area contributed by atoms with Crippen molar-refractivity contribution in [3.8, 4) is 5.88 Å². The van der Waals surface area contributed by atoms with Crippen LogP contribution < -0.4 is 10.3 Å². The summed E-state index contributed by atoms with van der Waals surface area (Å²) in [5.74, 6) is -0.0480. The predicted molar refractivity (Wildman–Crippen MR) is 92.3 cm³/mol. The van der Waals surface area contributed by atoms with Gasteiger partial charge in [0, 0.05) is 26.8 Å². The van der Waals surface area contributed by atoms with Gasteiger partial charge in [-0.05, 0) is 70.7 Å². The maximum absolute atomic E-state index is 11.8. The van der Waals surface area contributed by atoms with Crippen molar-refractivity contribution < 1.29 is 13.5 Å². The number of rotatable bonds is 2. The van der Waals surface area contributed by atoms with Crippen LogP contribution in [-0.2, 0) is 0 Å². The monoisotopic (exact) mass is 452 g/mol. The summed E-state index contributed by atoms with van der Waals surface area (Å²) in [6, 6.07) is 3.03. The van der Waals surface area contributed by atoms with E-state index in [9.17, 15) is 13.6 Å². The molecule has 4 nitrogen and oxygen atoms in total. The Morgan fingerprint density at radius 3 is 2.13 bits per heavy atom. The number of ether oxygens (including phenoxy) is 1. The molecular formula is C15H16Br2F2N2O2. The van der Waals surface area contributed by atoms with Crippen LogP contribution in [0.15, 0.2) is 25.9 Å². The molecule has 126 valence electrons. The van der Waals surface area contributed by atoms with E-state index in [0.29, 0.717) is 5.69 Å². The fourth-order valence-electron chi connectivity index (χ4n) is 1.76. The van der Waals surface area contributed by atoms with E-state index in [1.54, 1.807) is 19.9 Å². The number of nitrogens with one attached hydrogen (secondary N) is 1. The van der Waals surface area contributed by atoms with E-state index in [4.69, 9.17) is 0 Å². The zero-order valence-corrected chi connectivity index (χ0v) is 16.2. The third-order valence-electron chi connectivity index (χ3n) is 2.83. The number of nitrogens with zero attached hydrogens (tertiary/aromatic N) is 1. The molecule has 2 aromatic heterocycles. The van der Waals surface area contributed by atoms with Gasteiger partial charge in [0.25, 0.3) is 0 Å². The zero-order valence-electron chi connectivity index (χ0n) is 13.0. The largest absolute Gasteiger partial charge is 0.417 e. The number of halogens is 4. The molecule has 23 heavy (non-hydrogen) atoms. The number of aromatic amines is 1. The number of hydrogen-bond donors (Lipinski definition) is 1. The third-order valence-corrected chi connectivity index (χ3v) is 5.24. The summed E-state index contributed by atoms with van der Waals surface area (Å²) in [7, 11) is 0. The van der Waals surface area contributed by atoms with Gasteiger partial charge < -0.3 is 9.72 Å². The average molecular weight is 454 g/mol. The summed E-state index contributed by atoms with van der Waals surface area (Å²) in [5.41, 5.74) is 3.27. The van der Waals surface area contributed by atoms with Crippen molar-refractivity contribution in [3.05, 3.63) is 53.9 Å². The lowest BCUT2D eigenvalue weighted by molar-refractivity contribution is -0.0529. The Hall–Kier alpha value is -1.28. The molecule has 0 unspecified atom stereocenters. The van der Waals surface area contributed by atoms with Crippen molar-refractivity contribution in [2.75, 3.05) is 0 Å². The molecule has 1 N–H and O–H groups in total. The first-order valence-electron chi connectivity index (χ1n) is 6.56. The molecule has 0 bridgehead atoms. The van der Waals surface area contributed by atoms with Gasteiger partial charge in [-0.15, -0.1) is 0 Å². The second kappa shape index (κ2) is 8.54. The van der Waals surface area contributed by atoms with Crippen LogP contribution in [0.4, 0.5) is 8.78 Å². The van der Waals surface area contributed by atoms with Crippen LogP contribution in [0.25, 0.3) is 0 Å². The maximum Gasteiger partial charge on any atom is 0.388 e. The van der Waals surface area contributed by atoms with Crippen molar-refractivity contribution in [2.45, 2.75) is 34.3 Å². The summed E-state index contributed by atoms with van der Waals surface area (Å²) in [4.78, 5) is 17.3. The topological polar surface area (TPSA) is 55.0 Å². The lowest BCUT2D eigenvalue weighted by Crippen LogP contribution is -2.06. The Morgan fingerprint density at radius 2 is 1.65 bits per heavy atom. The molecule has 8 heteroatoms. The van der Waals surface area contributed by atoms with Crippen LogP contribution in [0.2, 0.25) is 0 Å². The van der Waals surface area contributed by atoms with Crippen LogP contribution in [0.1, 0.15) is 22.5 Å². The van der Waals surface area contributed by atoms with Gasteiger partial charge in [0.1, 0.15) is 0 Å². The standard InChI is InChI=1S/C8H8BrF2NO.C7H8BrNO/c1-4-3-6(13-8(10)11)12-5(2)7(4)9;1-4-3-6(10)9-5(2)7(4)8/h3,8H,1-2H3;3H,1-2H3,(H,9,10). The van der Waals surface area contributed by atoms with E-state index in [1.807, 2.05) is 13.8 Å². The highest BCUT2D eigenvalue weighted by Crippen LogP contribution is 2.23. The van der Waals surface area contributed by atoms with Crippen molar-refractivity contribution in [1.82, 2.24) is 9.97 Å². The molecule has 0 amide bonds. The molecule has 0 spiro atoms. The first kappa shape index (κ1) is 19.8. The predicted octanol–water partition coefficient (Wildman–Crippen LogP) is 4.82. The summed E-state index contributed by atoms with van der Waals surface area (Å²) in [6.45, 7) is 4.43. The highest BCUT2D eigenvalue weighted by Gasteiger charge is 2.09. The number of alkyl halides is 2. The Balaban J connectivity index is 0.000000238. The van der Waals surface area contributed by atoms with Gasteiger partial charge in [-0.25, -0.2) is 4.98 Å². The van der Waals surface area contributed by atoms with E-state index < -0.39 is 6.61 Å². The number of aryl methyl sites for hydroxylation is 4. The summed E-state index contributed by atoms with van der Waals surface area (Å²) >= 11 is 6.62. The van der Waals surface area contributed by atoms with Crippen LogP contribution in [-0.4, -0.2) is 16.6 Å². The Kier molecular flexibility index (Phi) is 7.34. The number of aromatic nitrogens is 2. The first-order valence-corrected chi connectivity index (χ1v) is 8.15. The minimum atomic E-state index is -2.83. The number of hydrogen-bond acceptors (Lipinski definition) is 3. The molecule has 2 heterocycles. The van der Waals surface area contributed by atoms with Crippen molar-refractivity contribution in [2.24, 2.45) is 0 Å². The van der Waals surface area contributed by atoms with Crippen LogP contribution >= 0.6 is 31.9 Å². The van der Waals surface area contributed by atoms with Crippen LogP contribution in [0, 0.1) is 27.7 Å². The molecule has 2 rings (SSSR count). The normalized spacial score (nSPS) is 10.3.